The Bertz CT molecular complexity index is 1490. The zero-order valence-corrected chi connectivity index (χ0v) is 19.1. The number of fused-ring (bicyclic) bond motifs is 1. The van der Waals surface area contributed by atoms with E-state index >= 15 is 0 Å². The number of carbonyl (C=O) groups excluding carboxylic acids is 3. The molecule has 0 bridgehead atoms. The highest BCUT2D eigenvalue weighted by atomic mass is 35.5. The number of hydrogen-bond donors (Lipinski definition) is 1. The Morgan fingerprint density at radius 2 is 1.63 bits per heavy atom. The number of amides is 4. The minimum absolute atomic E-state index is 0.0314. The van der Waals surface area contributed by atoms with Crippen molar-refractivity contribution in [2.24, 2.45) is 0 Å². The zero-order valence-electron chi connectivity index (χ0n) is 18.4. The Morgan fingerprint density at radius 1 is 0.886 bits per heavy atom. The number of barbiturate groups is 1. The molecule has 35 heavy (non-hydrogen) atoms. The van der Waals surface area contributed by atoms with Gasteiger partial charge in [0.2, 0.25) is 0 Å². The van der Waals surface area contributed by atoms with Crippen molar-refractivity contribution in [1.29, 1.82) is 0 Å². The van der Waals surface area contributed by atoms with Gasteiger partial charge in [0.05, 0.1) is 13.1 Å². The summed E-state index contributed by atoms with van der Waals surface area (Å²) < 4.78 is 16.2. The monoisotopic (exact) mass is 487 g/mol. The number of hydrogen-bond acceptors (Lipinski definition) is 3. The fourth-order valence-corrected chi connectivity index (χ4v) is 4.36. The summed E-state index contributed by atoms with van der Waals surface area (Å²) in [4.78, 5) is 39.2. The molecule has 3 aromatic carbocycles. The van der Waals surface area contributed by atoms with Gasteiger partial charge in [0.25, 0.3) is 11.8 Å². The van der Waals surface area contributed by atoms with Crippen molar-refractivity contribution in [2.45, 2.75) is 13.1 Å². The van der Waals surface area contributed by atoms with Crippen molar-refractivity contribution >= 4 is 46.4 Å². The lowest BCUT2D eigenvalue weighted by Gasteiger charge is -2.26. The third kappa shape index (κ3) is 4.34. The fourth-order valence-electron chi connectivity index (χ4n) is 4.13. The van der Waals surface area contributed by atoms with Crippen molar-refractivity contribution in [2.75, 3.05) is 0 Å². The summed E-state index contributed by atoms with van der Waals surface area (Å²) in [5.41, 5.74) is 2.29. The second-order valence-corrected chi connectivity index (χ2v) is 8.53. The molecule has 1 fully saturated rings. The standard InChI is InChI=1S/C27H19ClFN3O3/c28-22-10-6-11-23(29)21(22)16-31-15-18(19-9-4-5-12-24(19)31)13-20-25(33)30-27(35)32(26(20)34)14-17-7-2-1-3-8-17/h1-13,15H,14,16H2,(H,30,33,35)/b20-13+. The van der Waals surface area contributed by atoms with E-state index in [1.54, 1.807) is 42.6 Å². The SMILES string of the molecule is O=C1NC(=O)N(Cc2ccccc2)C(=O)/C1=C/c1cn(Cc2c(F)cccc2Cl)c2ccccc12. The lowest BCUT2D eigenvalue weighted by atomic mass is 10.1. The third-order valence-corrected chi connectivity index (χ3v) is 6.23. The molecule has 1 aliphatic heterocycles. The number of para-hydroxylation sites is 1. The number of urea groups is 1. The molecule has 5 rings (SSSR count). The van der Waals surface area contributed by atoms with E-state index < -0.39 is 23.7 Å². The molecule has 1 aliphatic rings. The zero-order chi connectivity index (χ0) is 24.5. The van der Waals surface area contributed by atoms with Crippen LogP contribution in [0.4, 0.5) is 9.18 Å². The van der Waals surface area contributed by atoms with Gasteiger partial charge in [-0.1, -0.05) is 66.2 Å². The molecule has 8 heteroatoms. The first kappa shape index (κ1) is 22.6. The Hall–Kier alpha value is -4.23. The summed E-state index contributed by atoms with van der Waals surface area (Å²) in [5, 5.41) is 3.31. The second-order valence-electron chi connectivity index (χ2n) is 8.12. The Balaban J connectivity index is 1.54. The Labute approximate surface area is 205 Å². The Kier molecular flexibility index (Phi) is 5.93. The highest BCUT2D eigenvalue weighted by Gasteiger charge is 2.35. The molecule has 6 nitrogen and oxygen atoms in total. The van der Waals surface area contributed by atoms with E-state index in [2.05, 4.69) is 5.32 Å². The number of rotatable bonds is 5. The molecule has 1 aromatic heterocycles. The summed E-state index contributed by atoms with van der Waals surface area (Å²) in [6, 6.07) is 20.2. The average molecular weight is 488 g/mol. The fraction of sp³-hybridized carbons (Fsp3) is 0.0741. The minimum Gasteiger partial charge on any atom is -0.342 e. The average Bonchev–Trinajstić information content (AvgIpc) is 3.20. The van der Waals surface area contributed by atoms with E-state index in [0.29, 0.717) is 16.1 Å². The van der Waals surface area contributed by atoms with E-state index in [9.17, 15) is 18.8 Å². The normalized spacial score (nSPS) is 15.2. The predicted molar refractivity (Wildman–Crippen MR) is 131 cm³/mol. The van der Waals surface area contributed by atoms with Gasteiger partial charge in [0.15, 0.2) is 0 Å². The number of nitrogens with zero attached hydrogens (tertiary/aromatic N) is 2. The number of halogens is 2. The molecular formula is C27H19ClFN3O3. The molecule has 0 aliphatic carbocycles. The maximum absolute atomic E-state index is 14.4. The molecule has 0 radical (unpaired) electrons. The summed E-state index contributed by atoms with van der Waals surface area (Å²) in [5.74, 6) is -1.87. The van der Waals surface area contributed by atoms with E-state index in [1.807, 2.05) is 34.9 Å². The summed E-state index contributed by atoms with van der Waals surface area (Å²) >= 11 is 6.23. The minimum atomic E-state index is -0.766. The van der Waals surface area contributed by atoms with Crippen molar-refractivity contribution in [1.82, 2.24) is 14.8 Å². The predicted octanol–water partition coefficient (Wildman–Crippen LogP) is 5.14. The van der Waals surface area contributed by atoms with Gasteiger partial charge in [-0.25, -0.2) is 9.18 Å². The molecule has 0 atom stereocenters. The molecule has 174 valence electrons. The molecular weight excluding hydrogens is 469 g/mol. The largest absolute Gasteiger partial charge is 0.342 e. The van der Waals surface area contributed by atoms with E-state index in [0.717, 1.165) is 21.4 Å². The van der Waals surface area contributed by atoms with Gasteiger partial charge < -0.3 is 4.57 Å². The molecule has 1 saturated heterocycles. The van der Waals surface area contributed by atoms with Crippen LogP contribution < -0.4 is 5.32 Å². The van der Waals surface area contributed by atoms with Crippen LogP contribution >= 0.6 is 11.6 Å². The van der Waals surface area contributed by atoms with Gasteiger partial charge in [0, 0.05) is 33.2 Å². The van der Waals surface area contributed by atoms with Crippen molar-refractivity contribution < 1.29 is 18.8 Å². The number of nitrogens with one attached hydrogen (secondary N) is 1. The quantitative estimate of drug-likeness (QED) is 0.313. The maximum Gasteiger partial charge on any atom is 0.331 e. The van der Waals surface area contributed by atoms with Gasteiger partial charge in [0.1, 0.15) is 11.4 Å². The topological polar surface area (TPSA) is 71.4 Å². The highest BCUT2D eigenvalue weighted by Crippen LogP contribution is 2.28. The van der Waals surface area contributed by atoms with Crippen LogP contribution in [0.2, 0.25) is 5.02 Å². The van der Waals surface area contributed by atoms with Gasteiger partial charge in [-0.3, -0.25) is 19.8 Å². The van der Waals surface area contributed by atoms with Crippen LogP contribution in [-0.2, 0) is 22.7 Å². The van der Waals surface area contributed by atoms with Crippen LogP contribution in [0.15, 0.2) is 84.6 Å². The van der Waals surface area contributed by atoms with Gasteiger partial charge >= 0.3 is 6.03 Å². The lowest BCUT2D eigenvalue weighted by Crippen LogP contribution is -2.53. The van der Waals surface area contributed by atoms with E-state index in [4.69, 9.17) is 11.6 Å². The number of imide groups is 2. The first-order chi connectivity index (χ1) is 16.9. The van der Waals surface area contributed by atoms with Crippen molar-refractivity contribution in [3.8, 4) is 0 Å². The number of benzene rings is 3. The van der Waals surface area contributed by atoms with Gasteiger partial charge in [-0.15, -0.1) is 0 Å². The van der Waals surface area contributed by atoms with E-state index in [1.165, 1.54) is 12.1 Å². The van der Waals surface area contributed by atoms with Gasteiger partial charge in [-0.05, 0) is 29.8 Å². The van der Waals surface area contributed by atoms with Crippen LogP contribution in [0.5, 0.6) is 0 Å². The lowest BCUT2D eigenvalue weighted by molar-refractivity contribution is -0.130. The molecule has 1 N–H and O–H groups in total. The van der Waals surface area contributed by atoms with Crippen molar-refractivity contribution in [3.05, 3.63) is 112 Å². The maximum atomic E-state index is 14.4. The Morgan fingerprint density at radius 3 is 2.40 bits per heavy atom. The molecule has 0 spiro atoms. The second kappa shape index (κ2) is 9.19. The van der Waals surface area contributed by atoms with Crippen LogP contribution in [0, 0.1) is 5.82 Å². The molecule has 2 heterocycles. The summed E-state index contributed by atoms with van der Waals surface area (Å²) in [6.07, 6.45) is 3.20. The van der Waals surface area contributed by atoms with Crippen LogP contribution in [0.1, 0.15) is 16.7 Å². The molecule has 0 saturated carbocycles. The highest BCUT2D eigenvalue weighted by molar-refractivity contribution is 6.31. The number of aromatic nitrogens is 1. The van der Waals surface area contributed by atoms with Crippen LogP contribution in [-0.4, -0.2) is 27.3 Å². The van der Waals surface area contributed by atoms with Crippen LogP contribution in [0.3, 0.4) is 0 Å². The van der Waals surface area contributed by atoms with Crippen molar-refractivity contribution in [3.63, 3.8) is 0 Å². The van der Waals surface area contributed by atoms with Gasteiger partial charge in [-0.2, -0.15) is 0 Å². The molecule has 4 amide bonds. The summed E-state index contributed by atoms with van der Waals surface area (Å²) in [7, 11) is 0. The first-order valence-corrected chi connectivity index (χ1v) is 11.2. The first-order valence-electron chi connectivity index (χ1n) is 10.9. The summed E-state index contributed by atoms with van der Waals surface area (Å²) in [6.45, 7) is 0.192. The third-order valence-electron chi connectivity index (χ3n) is 5.88. The molecule has 4 aromatic rings. The molecule has 0 unspecified atom stereocenters. The van der Waals surface area contributed by atoms with E-state index in [-0.39, 0.29) is 18.7 Å². The smallest absolute Gasteiger partial charge is 0.331 e. The van der Waals surface area contributed by atoms with Crippen LogP contribution in [0.25, 0.3) is 17.0 Å². The number of carbonyl (C=O) groups is 3.